The molecule has 11 heavy (non-hydrogen) atoms. The van der Waals surface area contributed by atoms with Crippen molar-refractivity contribution in [3.8, 4) is 0 Å². The fourth-order valence-corrected chi connectivity index (χ4v) is 0.157. The second-order valence-electron chi connectivity index (χ2n) is 1.96. The van der Waals surface area contributed by atoms with Crippen molar-refractivity contribution in [3.63, 3.8) is 0 Å². The zero-order chi connectivity index (χ0) is 9.86. The molecule has 0 aliphatic carbocycles. The number of carbonyl (C=O) groups is 1. The summed E-state index contributed by atoms with van der Waals surface area (Å²) in [6.07, 6.45) is 0.769. The van der Waals surface area contributed by atoms with Gasteiger partial charge < -0.3 is 16.3 Å². The first-order valence-corrected chi connectivity index (χ1v) is 3.97. The van der Waals surface area contributed by atoms with Crippen LogP contribution in [0, 0.1) is 5.92 Å². The fourth-order valence-electron chi connectivity index (χ4n) is 0.157. The molecule has 0 aromatic rings. The molecule has 0 radical (unpaired) electrons. The molecular formula is C8H22N2O. The van der Waals surface area contributed by atoms with E-state index >= 15 is 0 Å². The smallest absolute Gasteiger partial charge is 0.136 e. The Kier molecular flexibility index (Phi) is 25.0. The molecule has 0 bridgehead atoms. The predicted octanol–water partition coefficient (Wildman–Crippen LogP) is 0.770. The Morgan fingerprint density at radius 1 is 1.18 bits per heavy atom. The molecule has 3 heteroatoms. The number of aldehydes is 1. The highest BCUT2D eigenvalue weighted by Gasteiger charge is 2.02. The molecular weight excluding hydrogens is 140 g/mol. The molecule has 0 saturated carbocycles. The van der Waals surface area contributed by atoms with Crippen LogP contribution in [0.3, 0.4) is 0 Å². The van der Waals surface area contributed by atoms with Gasteiger partial charge in [0.1, 0.15) is 6.29 Å². The molecule has 0 saturated heterocycles. The zero-order valence-electron chi connectivity index (χ0n) is 8.29. The Morgan fingerprint density at radius 3 is 1.45 bits per heavy atom. The minimum absolute atomic E-state index is 0.275. The Morgan fingerprint density at radius 2 is 1.45 bits per heavy atom. The molecule has 0 spiro atoms. The molecule has 0 fully saturated rings. The number of carbonyl (C=O) groups excluding carboxylic acids is 1. The topological polar surface area (TPSA) is 69.1 Å². The van der Waals surface area contributed by atoms with Crippen molar-refractivity contribution in [3.05, 3.63) is 0 Å². The normalized spacial score (nSPS) is 10.2. The summed E-state index contributed by atoms with van der Waals surface area (Å²) in [6, 6.07) is -0.278. The van der Waals surface area contributed by atoms with E-state index in [0.29, 0.717) is 0 Å². The SMILES string of the molecule is CC.CC(C)C(N)C=O.CN. The Bertz CT molecular complexity index is 65.1. The highest BCUT2D eigenvalue weighted by atomic mass is 16.1. The molecule has 0 heterocycles. The van der Waals surface area contributed by atoms with Crippen LogP contribution in [0.2, 0.25) is 0 Å². The summed E-state index contributed by atoms with van der Waals surface area (Å²) in [4.78, 5) is 9.82. The Balaban J connectivity index is -0.000000138. The number of hydrogen-bond donors (Lipinski definition) is 2. The second-order valence-corrected chi connectivity index (χ2v) is 1.96. The van der Waals surface area contributed by atoms with Gasteiger partial charge in [0.25, 0.3) is 0 Å². The van der Waals surface area contributed by atoms with E-state index < -0.39 is 0 Å². The lowest BCUT2D eigenvalue weighted by atomic mass is 10.1. The average Bonchev–Trinajstić information content (AvgIpc) is 2.10. The molecule has 70 valence electrons. The van der Waals surface area contributed by atoms with Crippen LogP contribution in [0.1, 0.15) is 27.7 Å². The van der Waals surface area contributed by atoms with Gasteiger partial charge in [-0.25, -0.2) is 0 Å². The van der Waals surface area contributed by atoms with E-state index in [4.69, 9.17) is 5.73 Å². The summed E-state index contributed by atoms with van der Waals surface area (Å²) in [5, 5.41) is 0. The first kappa shape index (κ1) is 16.9. The van der Waals surface area contributed by atoms with Gasteiger partial charge in [-0.05, 0) is 13.0 Å². The van der Waals surface area contributed by atoms with Crippen LogP contribution in [-0.4, -0.2) is 19.4 Å². The van der Waals surface area contributed by atoms with E-state index in [0.717, 1.165) is 6.29 Å². The van der Waals surface area contributed by atoms with Crippen molar-refractivity contribution in [2.45, 2.75) is 33.7 Å². The van der Waals surface area contributed by atoms with Gasteiger partial charge in [-0.15, -0.1) is 0 Å². The monoisotopic (exact) mass is 162 g/mol. The summed E-state index contributed by atoms with van der Waals surface area (Å²) in [5.41, 5.74) is 9.75. The molecule has 1 unspecified atom stereocenters. The highest BCUT2D eigenvalue weighted by Crippen LogP contribution is 1.92. The van der Waals surface area contributed by atoms with E-state index in [1.807, 2.05) is 27.7 Å². The number of nitrogens with two attached hydrogens (primary N) is 2. The maximum Gasteiger partial charge on any atom is 0.136 e. The molecule has 0 aliphatic heterocycles. The molecule has 0 amide bonds. The minimum Gasteiger partial charge on any atom is -0.333 e. The second kappa shape index (κ2) is 16.3. The lowest BCUT2D eigenvalue weighted by Crippen LogP contribution is -2.27. The summed E-state index contributed by atoms with van der Waals surface area (Å²) >= 11 is 0. The van der Waals surface area contributed by atoms with Crippen LogP contribution >= 0.6 is 0 Å². The van der Waals surface area contributed by atoms with Crippen molar-refractivity contribution >= 4 is 6.29 Å². The third-order valence-corrected chi connectivity index (χ3v) is 0.927. The van der Waals surface area contributed by atoms with E-state index in [2.05, 4.69) is 5.73 Å². The summed E-state index contributed by atoms with van der Waals surface area (Å²) < 4.78 is 0. The van der Waals surface area contributed by atoms with Crippen molar-refractivity contribution in [1.29, 1.82) is 0 Å². The predicted molar refractivity (Wildman–Crippen MR) is 50.3 cm³/mol. The van der Waals surface area contributed by atoms with Crippen molar-refractivity contribution in [1.82, 2.24) is 0 Å². The van der Waals surface area contributed by atoms with E-state index in [-0.39, 0.29) is 12.0 Å². The van der Waals surface area contributed by atoms with Crippen LogP contribution in [0.4, 0.5) is 0 Å². The van der Waals surface area contributed by atoms with Crippen LogP contribution in [0.25, 0.3) is 0 Å². The average molecular weight is 162 g/mol. The first-order chi connectivity index (χ1) is 5.18. The van der Waals surface area contributed by atoms with Gasteiger partial charge in [-0.3, -0.25) is 0 Å². The maximum absolute atomic E-state index is 9.82. The quantitative estimate of drug-likeness (QED) is 0.589. The van der Waals surface area contributed by atoms with Gasteiger partial charge in [-0.1, -0.05) is 27.7 Å². The first-order valence-electron chi connectivity index (χ1n) is 3.97. The van der Waals surface area contributed by atoms with Gasteiger partial charge in [0.2, 0.25) is 0 Å². The Hall–Kier alpha value is -0.410. The van der Waals surface area contributed by atoms with Crippen LogP contribution < -0.4 is 11.5 Å². The lowest BCUT2D eigenvalue weighted by molar-refractivity contribution is -0.109. The molecule has 3 nitrogen and oxygen atoms in total. The van der Waals surface area contributed by atoms with E-state index in [1.54, 1.807) is 0 Å². The zero-order valence-corrected chi connectivity index (χ0v) is 8.29. The highest BCUT2D eigenvalue weighted by molar-refractivity contribution is 5.57. The lowest BCUT2D eigenvalue weighted by Gasteiger charge is -2.04. The summed E-state index contributed by atoms with van der Waals surface area (Å²) in [6.45, 7) is 7.83. The molecule has 0 aromatic heterocycles. The standard InChI is InChI=1S/C5H11NO.C2H6.CH5N/c1-4(2)5(6)3-7;2*1-2/h3-5H,6H2,1-2H3;1-2H3;2H2,1H3. The van der Waals surface area contributed by atoms with E-state index in [9.17, 15) is 4.79 Å². The van der Waals surface area contributed by atoms with Gasteiger partial charge in [-0.2, -0.15) is 0 Å². The summed E-state index contributed by atoms with van der Waals surface area (Å²) in [5.74, 6) is 0.275. The van der Waals surface area contributed by atoms with Crippen LogP contribution in [0.5, 0.6) is 0 Å². The minimum atomic E-state index is -0.278. The van der Waals surface area contributed by atoms with Gasteiger partial charge in [0, 0.05) is 0 Å². The maximum atomic E-state index is 9.82. The largest absolute Gasteiger partial charge is 0.333 e. The number of rotatable bonds is 2. The molecule has 4 N–H and O–H groups in total. The van der Waals surface area contributed by atoms with Gasteiger partial charge >= 0.3 is 0 Å². The molecule has 1 atom stereocenters. The van der Waals surface area contributed by atoms with Crippen LogP contribution in [0.15, 0.2) is 0 Å². The van der Waals surface area contributed by atoms with Crippen LogP contribution in [-0.2, 0) is 4.79 Å². The van der Waals surface area contributed by atoms with E-state index in [1.165, 1.54) is 7.05 Å². The molecule has 0 aromatic carbocycles. The van der Waals surface area contributed by atoms with Crippen molar-refractivity contribution in [2.24, 2.45) is 17.4 Å². The third kappa shape index (κ3) is 17.7. The summed E-state index contributed by atoms with van der Waals surface area (Å²) in [7, 11) is 1.50. The van der Waals surface area contributed by atoms with Crippen molar-refractivity contribution < 1.29 is 4.79 Å². The van der Waals surface area contributed by atoms with Crippen molar-refractivity contribution in [2.75, 3.05) is 7.05 Å². The molecule has 0 rings (SSSR count). The fraction of sp³-hybridized carbons (Fsp3) is 0.875. The van der Waals surface area contributed by atoms with Gasteiger partial charge in [0.05, 0.1) is 6.04 Å². The number of hydrogen-bond acceptors (Lipinski definition) is 3. The molecule has 0 aliphatic rings. The Labute approximate surface area is 70.1 Å². The van der Waals surface area contributed by atoms with Gasteiger partial charge in [0.15, 0.2) is 0 Å². The third-order valence-electron chi connectivity index (χ3n) is 0.927.